The van der Waals surface area contributed by atoms with E-state index < -0.39 is 29.2 Å². The monoisotopic (exact) mass is 412 g/mol. The molecule has 0 bridgehead atoms. The number of hydrogen-bond donors (Lipinski definition) is 2. The highest BCUT2D eigenvalue weighted by molar-refractivity contribution is 6.40. The van der Waals surface area contributed by atoms with Crippen molar-refractivity contribution in [3.8, 4) is 11.5 Å². The number of nitrogens with one attached hydrogen (secondary N) is 1. The molecule has 0 spiro atoms. The summed E-state index contributed by atoms with van der Waals surface area (Å²) in [6, 6.07) is 10.1. The van der Waals surface area contributed by atoms with Crippen LogP contribution in [0.2, 0.25) is 0 Å². The number of hydrazone groups is 1. The zero-order chi connectivity index (χ0) is 21.5. The molecule has 4 rings (SSSR count). The molecule has 3 N–H and O–H groups in total. The molecule has 0 radical (unpaired) electrons. The van der Waals surface area contributed by atoms with Crippen molar-refractivity contribution in [1.29, 1.82) is 0 Å². The molecule has 0 aliphatic carbocycles. The van der Waals surface area contributed by atoms with Gasteiger partial charge in [0.15, 0.2) is 11.5 Å². The Morgan fingerprint density at radius 2 is 1.87 bits per heavy atom. The molecule has 1 unspecified atom stereocenters. The van der Waals surface area contributed by atoms with E-state index in [1.807, 2.05) is 26.0 Å². The smallest absolute Gasteiger partial charge is 0.268 e. The maximum atomic E-state index is 13.2. The van der Waals surface area contributed by atoms with E-state index in [9.17, 15) is 14.0 Å². The lowest BCUT2D eigenvalue weighted by molar-refractivity contribution is -0.119. The van der Waals surface area contributed by atoms with Crippen LogP contribution in [0.1, 0.15) is 25.8 Å². The lowest BCUT2D eigenvalue weighted by Crippen LogP contribution is -2.44. The largest absolute Gasteiger partial charge is 0.454 e. The maximum absolute atomic E-state index is 13.2. The molecule has 30 heavy (non-hydrogen) atoms. The van der Waals surface area contributed by atoms with Crippen LogP contribution in [-0.4, -0.2) is 30.4 Å². The SMILES string of the molecule is CC(C)(NC(=O)C1=NN(c2ccc(F)cc2)C(C(N)=O)C1)c1ccc2c(c1)OCO2. The summed E-state index contributed by atoms with van der Waals surface area (Å²) in [5, 5.41) is 8.59. The van der Waals surface area contributed by atoms with Crippen LogP contribution in [0.5, 0.6) is 11.5 Å². The topological polar surface area (TPSA) is 106 Å². The number of anilines is 1. The minimum atomic E-state index is -0.829. The summed E-state index contributed by atoms with van der Waals surface area (Å²) in [6.07, 6.45) is 0.0514. The third-order valence-corrected chi connectivity index (χ3v) is 5.11. The number of primary amides is 1. The maximum Gasteiger partial charge on any atom is 0.268 e. The third kappa shape index (κ3) is 3.66. The number of carbonyl (C=O) groups excluding carboxylic acids is 2. The summed E-state index contributed by atoms with van der Waals surface area (Å²) in [5.41, 5.74) is 6.21. The molecule has 0 saturated heterocycles. The number of rotatable bonds is 5. The molecular formula is C21H21FN4O4. The van der Waals surface area contributed by atoms with Gasteiger partial charge in [-0.15, -0.1) is 0 Å². The van der Waals surface area contributed by atoms with Gasteiger partial charge in [0.2, 0.25) is 12.7 Å². The molecule has 2 aromatic rings. The van der Waals surface area contributed by atoms with E-state index in [0.717, 1.165) is 5.56 Å². The van der Waals surface area contributed by atoms with Gasteiger partial charge in [-0.05, 0) is 55.8 Å². The van der Waals surface area contributed by atoms with E-state index >= 15 is 0 Å². The minimum absolute atomic E-state index is 0.0514. The number of nitrogens with two attached hydrogens (primary N) is 1. The number of hydrogen-bond acceptors (Lipinski definition) is 6. The first-order valence-corrected chi connectivity index (χ1v) is 9.39. The molecule has 8 nitrogen and oxygen atoms in total. The average molecular weight is 412 g/mol. The van der Waals surface area contributed by atoms with Crippen molar-refractivity contribution >= 4 is 23.2 Å². The van der Waals surface area contributed by atoms with Crippen LogP contribution in [0, 0.1) is 5.82 Å². The van der Waals surface area contributed by atoms with Gasteiger partial charge in [0.25, 0.3) is 5.91 Å². The van der Waals surface area contributed by atoms with Gasteiger partial charge in [0, 0.05) is 6.42 Å². The van der Waals surface area contributed by atoms with Crippen LogP contribution in [0.4, 0.5) is 10.1 Å². The van der Waals surface area contributed by atoms with Gasteiger partial charge < -0.3 is 20.5 Å². The first-order valence-electron chi connectivity index (χ1n) is 9.39. The van der Waals surface area contributed by atoms with E-state index in [1.165, 1.54) is 29.3 Å². The van der Waals surface area contributed by atoms with Crippen molar-refractivity contribution in [3.05, 3.63) is 53.8 Å². The average Bonchev–Trinajstić information content (AvgIpc) is 3.35. The van der Waals surface area contributed by atoms with Crippen LogP contribution in [0.25, 0.3) is 0 Å². The Balaban J connectivity index is 1.55. The quantitative estimate of drug-likeness (QED) is 0.782. The number of ether oxygens (including phenoxy) is 2. The van der Waals surface area contributed by atoms with Crippen molar-refractivity contribution in [2.24, 2.45) is 10.8 Å². The predicted molar refractivity (Wildman–Crippen MR) is 108 cm³/mol. The lowest BCUT2D eigenvalue weighted by Gasteiger charge is -2.27. The third-order valence-electron chi connectivity index (χ3n) is 5.11. The Morgan fingerprint density at radius 3 is 2.57 bits per heavy atom. The van der Waals surface area contributed by atoms with Gasteiger partial charge in [0.1, 0.15) is 17.6 Å². The fourth-order valence-electron chi connectivity index (χ4n) is 3.41. The summed E-state index contributed by atoms with van der Waals surface area (Å²) >= 11 is 0. The standard InChI is InChI=1S/C21H21FN4O4/c1-21(2,12-3-8-17-18(9-12)30-11-29-17)24-20(28)15-10-16(19(23)27)26(25-15)14-6-4-13(22)5-7-14/h3-9,16H,10-11H2,1-2H3,(H2,23,27)(H,24,28). The van der Waals surface area contributed by atoms with Crippen molar-refractivity contribution in [2.75, 3.05) is 11.8 Å². The Hall–Kier alpha value is -3.62. The first-order chi connectivity index (χ1) is 14.2. The van der Waals surface area contributed by atoms with Gasteiger partial charge >= 0.3 is 0 Å². The van der Waals surface area contributed by atoms with Gasteiger partial charge in [-0.3, -0.25) is 14.6 Å². The van der Waals surface area contributed by atoms with Gasteiger partial charge in [-0.1, -0.05) is 6.07 Å². The fraction of sp³-hybridized carbons (Fsp3) is 0.286. The van der Waals surface area contributed by atoms with Crippen LogP contribution >= 0.6 is 0 Å². The van der Waals surface area contributed by atoms with E-state index in [2.05, 4.69) is 10.4 Å². The molecule has 2 aliphatic rings. The molecule has 2 heterocycles. The summed E-state index contributed by atoms with van der Waals surface area (Å²) in [4.78, 5) is 24.8. The second-order valence-corrected chi connectivity index (χ2v) is 7.64. The Bertz CT molecular complexity index is 1040. The van der Waals surface area contributed by atoms with Gasteiger partial charge in [0.05, 0.1) is 11.2 Å². The number of benzene rings is 2. The second-order valence-electron chi connectivity index (χ2n) is 7.64. The van der Waals surface area contributed by atoms with Gasteiger partial charge in [-0.2, -0.15) is 5.10 Å². The highest BCUT2D eigenvalue weighted by Crippen LogP contribution is 2.35. The lowest BCUT2D eigenvalue weighted by atomic mass is 9.93. The molecule has 2 aromatic carbocycles. The number of fused-ring (bicyclic) bond motifs is 1. The molecule has 1 atom stereocenters. The van der Waals surface area contributed by atoms with Crippen LogP contribution in [0.3, 0.4) is 0 Å². The summed E-state index contributed by atoms with van der Waals surface area (Å²) in [5.74, 6) is -0.194. The molecule has 9 heteroatoms. The molecule has 2 amide bonds. The molecule has 0 saturated carbocycles. The van der Waals surface area contributed by atoms with Crippen molar-refractivity contribution < 1.29 is 23.5 Å². The summed E-state index contributed by atoms with van der Waals surface area (Å²) in [7, 11) is 0. The normalized spacial score (nSPS) is 17.6. The highest BCUT2D eigenvalue weighted by Gasteiger charge is 2.37. The fourth-order valence-corrected chi connectivity index (χ4v) is 3.41. The summed E-state index contributed by atoms with van der Waals surface area (Å²) in [6.45, 7) is 3.86. The van der Waals surface area contributed by atoms with Crippen molar-refractivity contribution in [2.45, 2.75) is 31.8 Å². The molecule has 2 aliphatic heterocycles. The van der Waals surface area contributed by atoms with E-state index in [0.29, 0.717) is 17.2 Å². The Labute approximate surface area is 172 Å². The first kappa shape index (κ1) is 19.7. The highest BCUT2D eigenvalue weighted by atomic mass is 19.1. The minimum Gasteiger partial charge on any atom is -0.454 e. The number of carbonyl (C=O) groups is 2. The van der Waals surface area contributed by atoms with Crippen molar-refractivity contribution in [3.63, 3.8) is 0 Å². The molecule has 0 fully saturated rings. The van der Waals surface area contributed by atoms with E-state index in [-0.39, 0.29) is 18.9 Å². The van der Waals surface area contributed by atoms with Crippen molar-refractivity contribution in [1.82, 2.24) is 5.32 Å². The molecule has 156 valence electrons. The number of halogens is 1. The number of amides is 2. The van der Waals surface area contributed by atoms with Crippen LogP contribution < -0.4 is 25.5 Å². The zero-order valence-electron chi connectivity index (χ0n) is 16.5. The Morgan fingerprint density at radius 1 is 1.17 bits per heavy atom. The predicted octanol–water partition coefficient (Wildman–Crippen LogP) is 2.03. The Kier molecular flexibility index (Phi) is 4.81. The molecular weight excluding hydrogens is 391 g/mol. The summed E-state index contributed by atoms with van der Waals surface area (Å²) < 4.78 is 24.0. The second kappa shape index (κ2) is 7.33. The van der Waals surface area contributed by atoms with Crippen LogP contribution in [0.15, 0.2) is 47.6 Å². The van der Waals surface area contributed by atoms with E-state index in [4.69, 9.17) is 15.2 Å². The molecule has 0 aromatic heterocycles. The number of nitrogens with zero attached hydrogens (tertiary/aromatic N) is 2. The van der Waals surface area contributed by atoms with Crippen LogP contribution in [-0.2, 0) is 15.1 Å². The van der Waals surface area contributed by atoms with E-state index in [1.54, 1.807) is 6.07 Å². The van der Waals surface area contributed by atoms with Gasteiger partial charge in [-0.25, -0.2) is 4.39 Å². The zero-order valence-corrected chi connectivity index (χ0v) is 16.5.